The third kappa shape index (κ3) is 3.19. The van der Waals surface area contributed by atoms with Crippen molar-refractivity contribution in [2.45, 2.75) is 6.92 Å². The Labute approximate surface area is 62.8 Å². The zero-order valence-corrected chi connectivity index (χ0v) is 5.94. The normalized spacial score (nSPS) is 10.8. The molecular formula is C5H8N2O4. The van der Waals surface area contributed by atoms with Gasteiger partial charge in [0.1, 0.15) is 0 Å². The molecule has 0 aliphatic rings. The number of nitrogens with two attached hydrogens (primary N) is 1. The fraction of sp³-hybridized carbons (Fsp3) is 0.400. The number of hydrogen-bond donors (Lipinski definition) is 1. The van der Waals surface area contributed by atoms with Crippen LogP contribution in [0.5, 0.6) is 0 Å². The summed E-state index contributed by atoms with van der Waals surface area (Å²) in [6, 6.07) is 0. The third-order valence-electron chi connectivity index (χ3n) is 0.811. The Hall–Kier alpha value is -1.59. The lowest BCUT2D eigenvalue weighted by Crippen LogP contribution is -2.20. The summed E-state index contributed by atoms with van der Waals surface area (Å²) in [5.74, 6) is -1.11. The van der Waals surface area contributed by atoms with Gasteiger partial charge in [0.15, 0.2) is 6.26 Å². The summed E-state index contributed by atoms with van der Waals surface area (Å²) in [5, 5.41) is 10.0. The van der Waals surface area contributed by atoms with Crippen molar-refractivity contribution in [2.24, 2.45) is 5.73 Å². The number of nitro groups is 1. The minimum absolute atomic E-state index is 0.255. The molecule has 0 unspecified atom stereocenters. The molecule has 0 spiro atoms. The predicted octanol–water partition coefficient (Wildman–Crippen LogP) is -0.374. The van der Waals surface area contributed by atoms with Crippen LogP contribution in [-0.2, 0) is 9.53 Å². The molecule has 0 aromatic heterocycles. The summed E-state index contributed by atoms with van der Waals surface area (Å²) in [7, 11) is 0. The lowest BCUT2D eigenvalue weighted by molar-refractivity contribution is -0.420. The van der Waals surface area contributed by atoms with E-state index in [4.69, 9.17) is 0 Å². The average molecular weight is 160 g/mol. The highest BCUT2D eigenvalue weighted by Crippen LogP contribution is 1.93. The van der Waals surface area contributed by atoms with E-state index >= 15 is 0 Å². The van der Waals surface area contributed by atoms with Gasteiger partial charge in [0, 0.05) is 0 Å². The summed E-state index contributed by atoms with van der Waals surface area (Å²) in [6.45, 7) is 1.89. The molecule has 0 aromatic carbocycles. The van der Waals surface area contributed by atoms with Crippen LogP contribution in [0.2, 0.25) is 0 Å². The molecule has 0 rings (SSSR count). The maximum Gasteiger partial charge on any atom is 0.367 e. The highest BCUT2D eigenvalue weighted by molar-refractivity contribution is 5.89. The zero-order valence-electron chi connectivity index (χ0n) is 5.94. The molecule has 0 saturated heterocycles. The molecule has 1 amide bonds. The Morgan fingerprint density at radius 2 is 2.36 bits per heavy atom. The zero-order chi connectivity index (χ0) is 8.85. The van der Waals surface area contributed by atoms with Crippen molar-refractivity contribution in [1.29, 1.82) is 0 Å². The monoisotopic (exact) mass is 160 g/mol. The van der Waals surface area contributed by atoms with E-state index in [1.165, 1.54) is 0 Å². The second-order valence-corrected chi connectivity index (χ2v) is 1.58. The van der Waals surface area contributed by atoms with E-state index in [0.717, 1.165) is 6.26 Å². The van der Waals surface area contributed by atoms with Crippen LogP contribution in [0.25, 0.3) is 0 Å². The Morgan fingerprint density at radius 1 is 1.82 bits per heavy atom. The molecule has 0 aromatic rings. The lowest BCUT2D eigenvalue weighted by Gasteiger charge is -1.93. The molecule has 0 heterocycles. The first kappa shape index (κ1) is 9.41. The van der Waals surface area contributed by atoms with Crippen molar-refractivity contribution in [3.8, 4) is 0 Å². The number of ether oxygens (including phenoxy) is 1. The number of nitrogens with zero attached hydrogens (tertiary/aromatic N) is 1. The van der Waals surface area contributed by atoms with Crippen LogP contribution in [0.1, 0.15) is 6.92 Å². The number of carbonyl (C=O) groups excluding carboxylic acids is 1. The standard InChI is InChI=1S/C5H8N2O4/c1-2-11-3-4(5(6)8)7(9)10/h3H,2H2,1H3,(H2,6,8)/b4-3-. The fourth-order valence-electron chi connectivity index (χ4n) is 0.353. The summed E-state index contributed by atoms with van der Waals surface area (Å²) in [4.78, 5) is 19.4. The first-order valence-electron chi connectivity index (χ1n) is 2.85. The Kier molecular flexibility index (Phi) is 3.65. The van der Waals surface area contributed by atoms with E-state index in [1.807, 2.05) is 0 Å². The maximum atomic E-state index is 10.3. The molecule has 0 radical (unpaired) electrons. The van der Waals surface area contributed by atoms with Crippen molar-refractivity contribution in [3.63, 3.8) is 0 Å². The first-order valence-corrected chi connectivity index (χ1v) is 2.85. The summed E-state index contributed by atoms with van der Waals surface area (Å²) < 4.78 is 4.51. The van der Waals surface area contributed by atoms with E-state index in [1.54, 1.807) is 6.92 Å². The minimum atomic E-state index is -1.11. The van der Waals surface area contributed by atoms with Crippen LogP contribution in [0.4, 0.5) is 0 Å². The Morgan fingerprint density at radius 3 is 2.64 bits per heavy atom. The number of carbonyl (C=O) groups is 1. The van der Waals surface area contributed by atoms with Gasteiger partial charge in [-0.3, -0.25) is 14.9 Å². The van der Waals surface area contributed by atoms with Gasteiger partial charge in [-0.25, -0.2) is 0 Å². The Balaban J connectivity index is 4.33. The molecule has 0 fully saturated rings. The smallest absolute Gasteiger partial charge is 0.367 e. The van der Waals surface area contributed by atoms with E-state index in [0.29, 0.717) is 0 Å². The summed E-state index contributed by atoms with van der Waals surface area (Å²) in [5.41, 5.74) is 3.91. The van der Waals surface area contributed by atoms with Gasteiger partial charge >= 0.3 is 11.6 Å². The van der Waals surface area contributed by atoms with Crippen molar-refractivity contribution in [3.05, 3.63) is 22.1 Å². The van der Waals surface area contributed by atoms with Gasteiger partial charge in [0.25, 0.3) is 0 Å². The molecule has 6 heteroatoms. The molecule has 0 saturated carbocycles. The number of amides is 1. The van der Waals surface area contributed by atoms with Crippen LogP contribution >= 0.6 is 0 Å². The van der Waals surface area contributed by atoms with Crippen LogP contribution in [0.3, 0.4) is 0 Å². The number of primary amides is 1. The largest absolute Gasteiger partial charge is 0.494 e. The first-order chi connectivity index (χ1) is 5.09. The SMILES string of the molecule is CCO/C=C(/C(N)=O)[N+](=O)[O-]. The van der Waals surface area contributed by atoms with Crippen LogP contribution in [0, 0.1) is 10.1 Å². The highest BCUT2D eigenvalue weighted by Gasteiger charge is 2.18. The van der Waals surface area contributed by atoms with Gasteiger partial charge < -0.3 is 10.5 Å². The van der Waals surface area contributed by atoms with E-state index in [2.05, 4.69) is 10.5 Å². The van der Waals surface area contributed by atoms with Gasteiger partial charge in [-0.1, -0.05) is 0 Å². The van der Waals surface area contributed by atoms with Gasteiger partial charge in [-0.05, 0) is 6.92 Å². The highest BCUT2D eigenvalue weighted by atomic mass is 16.6. The second kappa shape index (κ2) is 4.26. The van der Waals surface area contributed by atoms with Crippen molar-refractivity contribution in [2.75, 3.05) is 6.61 Å². The van der Waals surface area contributed by atoms with Gasteiger partial charge in [0.2, 0.25) is 0 Å². The summed E-state index contributed by atoms with van der Waals surface area (Å²) in [6.07, 6.45) is 0.738. The molecule has 0 aliphatic carbocycles. The van der Waals surface area contributed by atoms with Crippen molar-refractivity contribution in [1.82, 2.24) is 0 Å². The molecule has 0 atom stereocenters. The van der Waals surface area contributed by atoms with E-state index in [9.17, 15) is 14.9 Å². The molecule has 2 N–H and O–H groups in total. The lowest BCUT2D eigenvalue weighted by atomic mass is 10.5. The molecule has 0 bridgehead atoms. The number of rotatable bonds is 4. The topological polar surface area (TPSA) is 95.5 Å². The second-order valence-electron chi connectivity index (χ2n) is 1.58. The fourth-order valence-corrected chi connectivity index (χ4v) is 0.353. The quantitative estimate of drug-likeness (QED) is 0.262. The van der Waals surface area contributed by atoms with Crippen molar-refractivity contribution >= 4 is 5.91 Å². The van der Waals surface area contributed by atoms with E-state index in [-0.39, 0.29) is 6.61 Å². The average Bonchev–Trinajstić information content (AvgIpc) is 1.87. The molecule has 11 heavy (non-hydrogen) atoms. The minimum Gasteiger partial charge on any atom is -0.494 e. The van der Waals surface area contributed by atoms with Crippen LogP contribution in [0.15, 0.2) is 12.0 Å². The molecular weight excluding hydrogens is 152 g/mol. The van der Waals surface area contributed by atoms with Crippen LogP contribution in [-0.4, -0.2) is 17.4 Å². The number of hydrogen-bond acceptors (Lipinski definition) is 4. The van der Waals surface area contributed by atoms with Gasteiger partial charge in [0.05, 0.1) is 11.5 Å². The third-order valence-corrected chi connectivity index (χ3v) is 0.811. The Bertz CT molecular complexity index is 183. The van der Waals surface area contributed by atoms with Crippen LogP contribution < -0.4 is 5.73 Å². The summed E-state index contributed by atoms with van der Waals surface area (Å²) >= 11 is 0. The van der Waals surface area contributed by atoms with E-state index < -0.39 is 16.5 Å². The molecule has 0 aliphatic heterocycles. The van der Waals surface area contributed by atoms with Gasteiger partial charge in [-0.15, -0.1) is 0 Å². The van der Waals surface area contributed by atoms with Gasteiger partial charge in [-0.2, -0.15) is 0 Å². The predicted molar refractivity (Wildman–Crippen MR) is 35.9 cm³/mol. The maximum absolute atomic E-state index is 10.3. The molecule has 62 valence electrons. The molecule has 6 nitrogen and oxygen atoms in total. The van der Waals surface area contributed by atoms with Crippen molar-refractivity contribution < 1.29 is 14.5 Å².